The molecular formula is C35H38N4O5S. The lowest BCUT2D eigenvalue weighted by molar-refractivity contribution is -0.135. The van der Waals surface area contributed by atoms with Gasteiger partial charge in [0, 0.05) is 23.9 Å². The highest BCUT2D eigenvalue weighted by Crippen LogP contribution is 2.41. The first-order chi connectivity index (χ1) is 21.8. The number of morpholine rings is 1. The van der Waals surface area contributed by atoms with Crippen LogP contribution in [0.1, 0.15) is 59.2 Å². The number of carbonyl (C=O) groups excluding carboxylic acids is 1. The molecule has 0 radical (unpaired) electrons. The molecule has 1 fully saturated rings. The number of benzene rings is 2. The second-order valence-corrected chi connectivity index (χ2v) is 12.8. The maximum absolute atomic E-state index is 13.7. The van der Waals surface area contributed by atoms with Gasteiger partial charge in [-0.3, -0.25) is 4.79 Å². The van der Waals surface area contributed by atoms with Crippen LogP contribution in [0.5, 0.6) is 5.75 Å². The minimum atomic E-state index is -1.22. The van der Waals surface area contributed by atoms with Crippen molar-refractivity contribution in [2.24, 2.45) is 0 Å². The van der Waals surface area contributed by atoms with E-state index in [1.807, 2.05) is 36.6 Å². The zero-order valence-corrected chi connectivity index (χ0v) is 26.7. The smallest absolute Gasteiger partial charge is 0.339 e. The lowest BCUT2D eigenvalue weighted by atomic mass is 9.98. The molecule has 10 heteroatoms. The number of hydrogen-bond donors (Lipinski definition) is 2. The van der Waals surface area contributed by atoms with Crippen molar-refractivity contribution in [2.45, 2.75) is 59.4 Å². The summed E-state index contributed by atoms with van der Waals surface area (Å²) in [5, 5.41) is 24.0. The summed E-state index contributed by atoms with van der Waals surface area (Å²) in [7, 11) is 0. The number of carboxylic acids is 1. The number of carbonyl (C=O) groups is 2. The predicted octanol–water partition coefficient (Wildman–Crippen LogP) is 6.98. The van der Waals surface area contributed by atoms with E-state index in [1.165, 1.54) is 6.07 Å². The van der Waals surface area contributed by atoms with Crippen molar-refractivity contribution in [3.63, 3.8) is 0 Å². The molecule has 6 rings (SSSR count). The van der Waals surface area contributed by atoms with Gasteiger partial charge in [-0.15, -0.1) is 11.3 Å². The van der Waals surface area contributed by atoms with E-state index in [-0.39, 0.29) is 23.8 Å². The zero-order valence-electron chi connectivity index (χ0n) is 25.9. The summed E-state index contributed by atoms with van der Waals surface area (Å²) in [4.78, 5) is 38.1. The second-order valence-electron chi connectivity index (χ2n) is 11.6. The molecule has 45 heavy (non-hydrogen) atoms. The van der Waals surface area contributed by atoms with E-state index in [0.717, 1.165) is 86.5 Å². The molecule has 2 N–H and O–H groups in total. The average molecular weight is 627 g/mol. The van der Waals surface area contributed by atoms with Crippen LogP contribution in [0.3, 0.4) is 0 Å². The molecule has 1 saturated heterocycles. The van der Waals surface area contributed by atoms with Crippen LogP contribution in [-0.4, -0.2) is 67.8 Å². The Hall–Kier alpha value is -4.28. The van der Waals surface area contributed by atoms with Gasteiger partial charge in [0.15, 0.2) is 5.75 Å². The molecule has 1 aliphatic rings. The van der Waals surface area contributed by atoms with Crippen LogP contribution in [-0.2, 0) is 22.5 Å². The highest BCUT2D eigenvalue weighted by molar-refractivity contribution is 7.15. The highest BCUT2D eigenvalue weighted by atomic mass is 32.1. The van der Waals surface area contributed by atoms with Crippen LogP contribution in [0.2, 0.25) is 0 Å². The van der Waals surface area contributed by atoms with Gasteiger partial charge in [-0.25, -0.2) is 14.8 Å². The minimum absolute atomic E-state index is 0.0311. The van der Waals surface area contributed by atoms with Gasteiger partial charge >= 0.3 is 5.97 Å². The van der Waals surface area contributed by atoms with Crippen LogP contribution in [0.15, 0.2) is 42.5 Å². The highest BCUT2D eigenvalue weighted by Gasteiger charge is 2.27. The number of fused-ring (bicyclic) bond motifs is 2. The minimum Gasteiger partial charge on any atom is -0.505 e. The van der Waals surface area contributed by atoms with Gasteiger partial charge in [0.2, 0.25) is 5.91 Å². The van der Waals surface area contributed by atoms with Crippen molar-refractivity contribution < 1.29 is 24.5 Å². The molecule has 2 aromatic carbocycles. The number of ether oxygens (including phenoxy) is 1. The Morgan fingerprint density at radius 1 is 1.00 bits per heavy atom. The third-order valence-corrected chi connectivity index (χ3v) is 9.66. The van der Waals surface area contributed by atoms with Crippen molar-refractivity contribution in [2.75, 3.05) is 26.3 Å². The summed E-state index contributed by atoms with van der Waals surface area (Å²) < 4.78 is 7.29. The normalized spacial score (nSPS) is 13.6. The number of aromatic nitrogens is 3. The van der Waals surface area contributed by atoms with Crippen LogP contribution < -0.4 is 0 Å². The van der Waals surface area contributed by atoms with Gasteiger partial charge in [-0.05, 0) is 62.1 Å². The Kier molecular flexibility index (Phi) is 8.87. The largest absolute Gasteiger partial charge is 0.505 e. The van der Waals surface area contributed by atoms with Crippen LogP contribution in [0.4, 0.5) is 0 Å². The molecule has 0 unspecified atom stereocenters. The predicted molar refractivity (Wildman–Crippen MR) is 177 cm³/mol. The number of aromatic hydroxyl groups is 1. The molecule has 0 bridgehead atoms. The zero-order chi connectivity index (χ0) is 31.7. The molecule has 9 nitrogen and oxygen atoms in total. The van der Waals surface area contributed by atoms with Crippen molar-refractivity contribution in [1.29, 1.82) is 0 Å². The Labute approximate surface area is 266 Å². The first-order valence-corrected chi connectivity index (χ1v) is 16.4. The van der Waals surface area contributed by atoms with Crippen molar-refractivity contribution in [3.05, 3.63) is 64.3 Å². The number of carboxylic acid groups (broad SMARTS) is 1. The number of amides is 1. The first kappa shape index (κ1) is 30.7. The molecule has 5 aromatic rings. The third-order valence-electron chi connectivity index (χ3n) is 8.57. The van der Waals surface area contributed by atoms with Gasteiger partial charge in [-0.1, -0.05) is 44.4 Å². The quantitative estimate of drug-likeness (QED) is 0.161. The fraction of sp³-hybridized carbons (Fsp3) is 0.371. The number of phenols is 1. The Bertz CT molecular complexity index is 1900. The van der Waals surface area contributed by atoms with Gasteiger partial charge in [0.25, 0.3) is 0 Å². The molecule has 0 aliphatic carbocycles. The number of rotatable bonds is 10. The summed E-state index contributed by atoms with van der Waals surface area (Å²) in [5.74, 6) is -1.64. The topological polar surface area (TPSA) is 118 Å². The van der Waals surface area contributed by atoms with Gasteiger partial charge in [0.1, 0.15) is 12.1 Å². The van der Waals surface area contributed by atoms with E-state index in [4.69, 9.17) is 9.72 Å². The molecular weight excluding hydrogens is 588 g/mol. The molecule has 0 saturated carbocycles. The van der Waals surface area contributed by atoms with Gasteiger partial charge in [0.05, 0.1) is 51.2 Å². The second kappa shape index (κ2) is 13.0. The van der Waals surface area contributed by atoms with E-state index in [9.17, 15) is 19.8 Å². The van der Waals surface area contributed by atoms with E-state index >= 15 is 0 Å². The summed E-state index contributed by atoms with van der Waals surface area (Å²) >= 11 is 1.63. The van der Waals surface area contributed by atoms with E-state index < -0.39 is 5.97 Å². The van der Waals surface area contributed by atoms with E-state index in [1.54, 1.807) is 22.3 Å². The standard InChI is InChI=1S/C35H38N4O5S/c1-4-5-6-7-8-25-26-11-12-27(35(42)43)33(41)32(26)39(20-30(40)38-15-17-44-18-16-38)31(25)24-10-13-28-23(19-24)9-14-29(37-28)34-21(2)36-22(3)45-34/h9-14,19,41H,4-8,15-18,20H2,1-3H3,(H,42,43). The van der Waals surface area contributed by atoms with Crippen molar-refractivity contribution >= 4 is 45.0 Å². The number of pyridine rings is 1. The molecule has 234 valence electrons. The fourth-order valence-electron chi connectivity index (χ4n) is 6.36. The van der Waals surface area contributed by atoms with Gasteiger partial charge in [-0.2, -0.15) is 0 Å². The van der Waals surface area contributed by atoms with Crippen LogP contribution in [0, 0.1) is 13.8 Å². The number of thiazole rings is 1. The Morgan fingerprint density at radius 2 is 1.80 bits per heavy atom. The van der Waals surface area contributed by atoms with Crippen LogP contribution >= 0.6 is 11.3 Å². The van der Waals surface area contributed by atoms with E-state index in [0.29, 0.717) is 31.8 Å². The third kappa shape index (κ3) is 6.04. The number of aryl methyl sites for hydroxylation is 3. The summed E-state index contributed by atoms with van der Waals surface area (Å²) in [6.45, 7) is 8.07. The SMILES string of the molecule is CCCCCCc1c(-c2ccc3nc(-c4sc(C)nc4C)ccc3c2)n(CC(=O)N2CCOCC2)c2c(O)c(C(=O)O)ccc12. The first-order valence-electron chi connectivity index (χ1n) is 15.6. The average Bonchev–Trinajstić information content (AvgIpc) is 3.54. The Balaban J connectivity index is 1.53. The molecule has 4 heterocycles. The summed E-state index contributed by atoms with van der Waals surface area (Å²) in [6.07, 6.45) is 4.93. The molecule has 1 aliphatic heterocycles. The monoisotopic (exact) mass is 626 g/mol. The van der Waals surface area contributed by atoms with Crippen molar-refractivity contribution in [1.82, 2.24) is 19.4 Å². The molecule has 0 spiro atoms. The number of hydrogen-bond acceptors (Lipinski definition) is 7. The van der Waals surface area contributed by atoms with Crippen molar-refractivity contribution in [3.8, 4) is 27.6 Å². The summed E-state index contributed by atoms with van der Waals surface area (Å²) in [5.41, 5.74) is 5.58. The maximum atomic E-state index is 13.7. The Morgan fingerprint density at radius 3 is 2.51 bits per heavy atom. The number of nitrogens with zero attached hydrogens (tertiary/aromatic N) is 4. The number of unbranched alkanes of at least 4 members (excludes halogenated alkanes) is 3. The lowest BCUT2D eigenvalue weighted by Crippen LogP contribution is -2.42. The van der Waals surface area contributed by atoms with Crippen LogP contribution in [0.25, 0.3) is 43.6 Å². The number of aromatic carboxylic acids is 1. The van der Waals surface area contributed by atoms with Gasteiger partial charge < -0.3 is 24.4 Å². The maximum Gasteiger partial charge on any atom is 0.339 e. The fourth-order valence-corrected chi connectivity index (χ4v) is 7.25. The molecule has 0 atom stereocenters. The lowest BCUT2D eigenvalue weighted by Gasteiger charge is -2.27. The van der Waals surface area contributed by atoms with E-state index in [2.05, 4.69) is 24.0 Å². The molecule has 1 amide bonds. The molecule has 3 aromatic heterocycles. The summed E-state index contributed by atoms with van der Waals surface area (Å²) in [6, 6.07) is 13.4.